The van der Waals surface area contributed by atoms with Gasteiger partial charge in [0.05, 0.1) is 22.4 Å². The summed E-state index contributed by atoms with van der Waals surface area (Å²) in [4.78, 5) is 16.4. The van der Waals surface area contributed by atoms with Gasteiger partial charge in [-0.15, -0.1) is 0 Å². The number of nitrogens with zero attached hydrogens (tertiary/aromatic N) is 3. The maximum Gasteiger partial charge on any atom is 0.327 e. The van der Waals surface area contributed by atoms with E-state index in [9.17, 15) is 15.2 Å². The average Bonchev–Trinajstić information content (AvgIpc) is 3.14. The predicted molar refractivity (Wildman–Crippen MR) is 121 cm³/mol. The molecule has 8 heteroatoms. The zero-order chi connectivity index (χ0) is 22.6. The molecule has 0 aromatic heterocycles. The van der Waals surface area contributed by atoms with E-state index in [-0.39, 0.29) is 17.2 Å². The van der Waals surface area contributed by atoms with Crippen LogP contribution >= 0.6 is 11.6 Å². The van der Waals surface area contributed by atoms with Crippen molar-refractivity contribution in [1.29, 1.82) is 5.26 Å². The van der Waals surface area contributed by atoms with Crippen molar-refractivity contribution < 1.29 is 14.3 Å². The number of carbonyl (C=O) groups is 1. The van der Waals surface area contributed by atoms with Gasteiger partial charge in [-0.3, -0.25) is 4.90 Å². The van der Waals surface area contributed by atoms with Crippen molar-refractivity contribution in [3.8, 4) is 6.07 Å². The van der Waals surface area contributed by atoms with Gasteiger partial charge >= 0.3 is 6.03 Å². The minimum atomic E-state index is -2.10. The molecule has 1 aliphatic carbocycles. The summed E-state index contributed by atoms with van der Waals surface area (Å²) in [6.07, 6.45) is 1.07. The number of likely N-dealkylation sites (N-methyl/N-ethyl adjacent to an activating group) is 1. The number of carbonyl (C=O) groups excluding carboxylic acids is 1. The fraction of sp³-hybridized carbons (Fsp3) is 0.636. The highest BCUT2D eigenvalue weighted by Gasteiger charge is 2.63. The molecule has 0 bridgehead atoms. The van der Waals surface area contributed by atoms with Crippen LogP contribution in [0.4, 0.5) is 10.5 Å². The van der Waals surface area contributed by atoms with Crippen LogP contribution in [0.25, 0.3) is 0 Å². The molecule has 2 fully saturated rings. The van der Waals surface area contributed by atoms with E-state index in [0.717, 1.165) is 12.8 Å². The third kappa shape index (κ3) is 3.25. The molecule has 0 unspecified atom stereocenters. The van der Waals surface area contributed by atoms with Gasteiger partial charge in [0.25, 0.3) is 0 Å². The molecule has 3 rings (SSSR count). The number of rotatable bonds is 3. The number of aliphatic hydroxyl groups is 1. The first-order valence-electron chi connectivity index (χ1n) is 10.4. The van der Waals surface area contributed by atoms with E-state index >= 15 is 0 Å². The molecule has 1 heterocycles. The maximum absolute atomic E-state index is 13.3. The van der Waals surface area contributed by atoms with Crippen molar-refractivity contribution in [1.82, 2.24) is 4.90 Å². The number of benzene rings is 1. The van der Waals surface area contributed by atoms with Gasteiger partial charge in [0.1, 0.15) is 11.6 Å². The Labute approximate surface area is 185 Å². The number of nitriles is 1. The van der Waals surface area contributed by atoms with Crippen LogP contribution in [0.2, 0.25) is 23.2 Å². The Bertz CT molecular complexity index is 908. The molecule has 1 saturated heterocycles. The summed E-state index contributed by atoms with van der Waals surface area (Å²) in [7, 11) is -0.354. The molecule has 1 aromatic rings. The molecule has 1 aliphatic heterocycles. The van der Waals surface area contributed by atoms with Crippen LogP contribution in [0.1, 0.15) is 51.2 Å². The molecule has 1 spiro atoms. The van der Waals surface area contributed by atoms with Gasteiger partial charge in [-0.05, 0) is 62.0 Å². The molecule has 2 aliphatic rings. The molecule has 164 valence electrons. The number of hydrogen-bond donors (Lipinski definition) is 1. The van der Waals surface area contributed by atoms with Gasteiger partial charge in [-0.1, -0.05) is 32.4 Å². The second-order valence-electron chi connectivity index (χ2n) is 10.0. The van der Waals surface area contributed by atoms with Gasteiger partial charge in [-0.2, -0.15) is 5.26 Å². The lowest BCUT2D eigenvalue weighted by Gasteiger charge is -2.45. The largest absolute Gasteiger partial charge is 0.411 e. The summed E-state index contributed by atoms with van der Waals surface area (Å²) < 4.78 is 6.75. The third-order valence-corrected chi connectivity index (χ3v) is 12.4. The summed E-state index contributed by atoms with van der Waals surface area (Å²) in [5, 5.41) is 21.1. The van der Waals surface area contributed by atoms with E-state index in [4.69, 9.17) is 16.0 Å². The van der Waals surface area contributed by atoms with Crippen LogP contribution in [0.5, 0.6) is 0 Å². The second-order valence-corrected chi connectivity index (χ2v) is 15.2. The lowest BCUT2D eigenvalue weighted by molar-refractivity contribution is -0.0252. The standard InChI is InChI=1S/C22H32ClN3O3Si/c1-14-16(11-10-15(13-24)18(14)23)26-19(27)22(25(5)20(26)28)12-8-9-17(22)29-30(6,7)21(2,3)4/h10-11,17,19,27H,8-9,12H2,1-7H3/t17-,19-,22-/m0/s1. The van der Waals surface area contributed by atoms with Gasteiger partial charge in [0.2, 0.25) is 0 Å². The van der Waals surface area contributed by atoms with Crippen LogP contribution in [-0.2, 0) is 4.43 Å². The van der Waals surface area contributed by atoms with Crippen molar-refractivity contribution in [3.63, 3.8) is 0 Å². The van der Waals surface area contributed by atoms with Crippen LogP contribution in [0, 0.1) is 18.3 Å². The van der Waals surface area contributed by atoms with E-state index in [2.05, 4.69) is 39.9 Å². The van der Waals surface area contributed by atoms with Gasteiger partial charge in [-0.25, -0.2) is 4.79 Å². The predicted octanol–water partition coefficient (Wildman–Crippen LogP) is 5.02. The summed E-state index contributed by atoms with van der Waals surface area (Å²) in [6, 6.07) is 5.05. The summed E-state index contributed by atoms with van der Waals surface area (Å²) in [6.45, 7) is 12.7. The van der Waals surface area contributed by atoms with Crippen molar-refractivity contribution in [3.05, 3.63) is 28.3 Å². The first kappa shape index (κ1) is 23.1. The minimum Gasteiger partial charge on any atom is -0.411 e. The Kier molecular flexibility index (Phi) is 5.79. The van der Waals surface area contributed by atoms with Crippen LogP contribution in [0.15, 0.2) is 12.1 Å². The number of amides is 2. The lowest BCUT2D eigenvalue weighted by atomic mass is 9.92. The highest BCUT2D eigenvalue weighted by molar-refractivity contribution is 6.74. The molecular formula is C22H32ClN3O3Si. The Morgan fingerprint density at radius 3 is 2.57 bits per heavy atom. The molecule has 6 nitrogen and oxygen atoms in total. The fourth-order valence-corrected chi connectivity index (χ4v) is 6.04. The van der Waals surface area contributed by atoms with Crippen LogP contribution < -0.4 is 4.90 Å². The van der Waals surface area contributed by atoms with E-state index in [1.807, 2.05) is 0 Å². The zero-order valence-corrected chi connectivity index (χ0v) is 20.7. The lowest BCUT2D eigenvalue weighted by Crippen LogP contribution is -2.60. The van der Waals surface area contributed by atoms with Crippen molar-refractivity contribution in [2.45, 2.75) is 83.0 Å². The monoisotopic (exact) mass is 449 g/mol. The van der Waals surface area contributed by atoms with Crippen LogP contribution in [-0.4, -0.2) is 49.3 Å². The number of aliphatic hydroxyl groups excluding tert-OH is 1. The minimum absolute atomic E-state index is 0.0276. The Morgan fingerprint density at radius 1 is 1.37 bits per heavy atom. The molecule has 3 atom stereocenters. The molecule has 1 saturated carbocycles. The average molecular weight is 450 g/mol. The highest BCUT2D eigenvalue weighted by Crippen LogP contribution is 2.50. The Balaban J connectivity index is 2.03. The van der Waals surface area contributed by atoms with Gasteiger partial charge in [0.15, 0.2) is 14.5 Å². The quantitative estimate of drug-likeness (QED) is 0.657. The number of halogens is 1. The first-order chi connectivity index (χ1) is 13.8. The first-order valence-corrected chi connectivity index (χ1v) is 13.7. The molecule has 30 heavy (non-hydrogen) atoms. The van der Waals surface area contributed by atoms with E-state index < -0.39 is 20.1 Å². The number of anilines is 1. The van der Waals surface area contributed by atoms with E-state index in [0.29, 0.717) is 28.3 Å². The smallest absolute Gasteiger partial charge is 0.327 e. The van der Waals surface area contributed by atoms with E-state index in [1.54, 1.807) is 31.0 Å². The Hall–Kier alpha value is -1.59. The second kappa shape index (κ2) is 7.52. The Morgan fingerprint density at radius 2 is 2.00 bits per heavy atom. The SMILES string of the molecule is Cc1c(N2C(=O)N(C)[C@]3(CCC[C@@H]3O[Si](C)(C)C(C)(C)C)[C@@H]2O)ccc(C#N)c1Cl. The van der Waals surface area contributed by atoms with Crippen LogP contribution in [0.3, 0.4) is 0 Å². The normalized spacial score (nSPS) is 27.3. The molecule has 1 N–H and O–H groups in total. The molecular weight excluding hydrogens is 418 g/mol. The molecule has 1 aromatic carbocycles. The summed E-state index contributed by atoms with van der Waals surface area (Å²) in [5.74, 6) is 0. The number of hydrogen-bond acceptors (Lipinski definition) is 4. The highest BCUT2D eigenvalue weighted by atomic mass is 35.5. The number of urea groups is 1. The summed E-state index contributed by atoms with van der Waals surface area (Å²) >= 11 is 6.35. The van der Waals surface area contributed by atoms with Gasteiger partial charge in [0, 0.05) is 7.05 Å². The molecule has 0 radical (unpaired) electrons. The topological polar surface area (TPSA) is 76.8 Å². The fourth-order valence-electron chi connectivity index (χ4n) is 4.45. The third-order valence-electron chi connectivity index (χ3n) is 7.39. The van der Waals surface area contributed by atoms with Crippen molar-refractivity contribution in [2.75, 3.05) is 11.9 Å². The van der Waals surface area contributed by atoms with Crippen molar-refractivity contribution in [2.24, 2.45) is 0 Å². The maximum atomic E-state index is 13.3. The van der Waals surface area contributed by atoms with Crippen molar-refractivity contribution >= 4 is 31.6 Å². The van der Waals surface area contributed by atoms with Gasteiger partial charge < -0.3 is 14.4 Å². The van der Waals surface area contributed by atoms with E-state index in [1.165, 1.54) is 4.90 Å². The zero-order valence-electron chi connectivity index (χ0n) is 18.9. The summed E-state index contributed by atoms with van der Waals surface area (Å²) in [5.41, 5.74) is 0.674. The molecule has 2 amide bonds.